The van der Waals surface area contributed by atoms with Crippen molar-refractivity contribution in [3.8, 4) is 11.4 Å². The first-order chi connectivity index (χ1) is 14.7. The fourth-order valence-electron chi connectivity index (χ4n) is 4.31. The van der Waals surface area contributed by atoms with E-state index in [0.717, 1.165) is 42.1 Å². The molecule has 2 aliphatic heterocycles. The van der Waals surface area contributed by atoms with Gasteiger partial charge in [-0.15, -0.1) is 0 Å². The second-order valence-corrected chi connectivity index (χ2v) is 7.83. The van der Waals surface area contributed by atoms with Crippen LogP contribution in [0.1, 0.15) is 12.5 Å². The summed E-state index contributed by atoms with van der Waals surface area (Å²) in [4.78, 5) is 26.3. The van der Waals surface area contributed by atoms with Crippen LogP contribution in [-0.2, 0) is 9.53 Å². The van der Waals surface area contributed by atoms with Gasteiger partial charge >= 0.3 is 0 Å². The van der Waals surface area contributed by atoms with Crippen molar-refractivity contribution in [2.75, 3.05) is 45.9 Å². The topological polar surface area (TPSA) is 63.5 Å². The third-order valence-corrected chi connectivity index (χ3v) is 5.90. The first-order valence-electron chi connectivity index (χ1n) is 10.4. The summed E-state index contributed by atoms with van der Waals surface area (Å²) in [7, 11) is 0. The zero-order valence-corrected chi connectivity index (χ0v) is 16.7. The molecule has 0 N–H and O–H groups in total. The first-order valence-corrected chi connectivity index (χ1v) is 10.4. The molecule has 8 heteroatoms. The van der Waals surface area contributed by atoms with E-state index < -0.39 is 0 Å². The van der Waals surface area contributed by atoms with Crippen molar-refractivity contribution in [2.45, 2.75) is 12.5 Å². The maximum Gasteiger partial charge on any atom is 0.236 e. The fourth-order valence-corrected chi connectivity index (χ4v) is 4.31. The number of amides is 1. The lowest BCUT2D eigenvalue weighted by atomic mass is 10.2. The molecular weight excluding hydrogens is 385 g/mol. The van der Waals surface area contributed by atoms with Gasteiger partial charge < -0.3 is 14.2 Å². The van der Waals surface area contributed by atoms with Gasteiger partial charge in [0.05, 0.1) is 25.8 Å². The van der Waals surface area contributed by atoms with E-state index in [-0.39, 0.29) is 17.8 Å². The van der Waals surface area contributed by atoms with Crippen LogP contribution in [0.4, 0.5) is 4.39 Å². The maximum absolute atomic E-state index is 13.4. The van der Waals surface area contributed by atoms with Crippen molar-refractivity contribution in [3.63, 3.8) is 0 Å². The smallest absolute Gasteiger partial charge is 0.236 e. The zero-order valence-electron chi connectivity index (χ0n) is 16.7. The van der Waals surface area contributed by atoms with Gasteiger partial charge in [0.1, 0.15) is 17.2 Å². The lowest BCUT2D eigenvalue weighted by Crippen LogP contribution is -2.44. The Kier molecular flexibility index (Phi) is 5.18. The Bertz CT molecular complexity index is 1050. The Morgan fingerprint density at radius 3 is 2.73 bits per heavy atom. The van der Waals surface area contributed by atoms with E-state index in [1.807, 2.05) is 17.0 Å². The van der Waals surface area contributed by atoms with E-state index in [1.54, 1.807) is 18.3 Å². The van der Waals surface area contributed by atoms with Crippen molar-refractivity contribution in [2.24, 2.45) is 0 Å². The van der Waals surface area contributed by atoms with E-state index in [0.29, 0.717) is 32.8 Å². The van der Waals surface area contributed by atoms with Crippen molar-refractivity contribution in [1.29, 1.82) is 0 Å². The summed E-state index contributed by atoms with van der Waals surface area (Å²) in [6, 6.07) is 10.2. The van der Waals surface area contributed by atoms with Gasteiger partial charge in [0, 0.05) is 37.9 Å². The maximum atomic E-state index is 13.4. The third-order valence-electron chi connectivity index (χ3n) is 5.90. The first kappa shape index (κ1) is 19.1. The number of carbonyl (C=O) groups excluding carboxylic acids is 1. The van der Waals surface area contributed by atoms with Gasteiger partial charge in [0.2, 0.25) is 5.91 Å². The van der Waals surface area contributed by atoms with Gasteiger partial charge in [-0.2, -0.15) is 0 Å². The molecule has 2 saturated heterocycles. The van der Waals surface area contributed by atoms with E-state index in [2.05, 4.69) is 14.5 Å². The Labute approximate surface area is 174 Å². The third kappa shape index (κ3) is 3.68. The molecule has 5 rings (SSSR count). The van der Waals surface area contributed by atoms with Crippen LogP contribution in [0.5, 0.6) is 0 Å². The van der Waals surface area contributed by atoms with Gasteiger partial charge in [0.25, 0.3) is 0 Å². The number of morpholine rings is 1. The van der Waals surface area contributed by atoms with Crippen molar-refractivity contribution >= 4 is 17.1 Å². The van der Waals surface area contributed by atoms with Crippen LogP contribution < -0.4 is 0 Å². The number of ether oxygens (including phenoxy) is 1. The van der Waals surface area contributed by atoms with Crippen LogP contribution in [0.15, 0.2) is 42.6 Å². The standard InChI is InChI=1S/C22H24FN5O2/c23-17-5-3-16(4-6-17)21-25-19-2-1-8-24-22(19)28(21)18-7-9-27(14-18)20(29)15-26-10-12-30-13-11-26/h1-6,8,18H,7,9-15H2. The summed E-state index contributed by atoms with van der Waals surface area (Å²) in [5.41, 5.74) is 2.44. The van der Waals surface area contributed by atoms with E-state index in [4.69, 9.17) is 9.72 Å². The van der Waals surface area contributed by atoms with E-state index in [1.165, 1.54) is 12.1 Å². The number of hydrogen-bond acceptors (Lipinski definition) is 5. The molecule has 0 spiro atoms. The second-order valence-electron chi connectivity index (χ2n) is 7.83. The van der Waals surface area contributed by atoms with Crippen LogP contribution in [0, 0.1) is 5.82 Å². The zero-order chi connectivity index (χ0) is 20.5. The molecule has 30 heavy (non-hydrogen) atoms. The number of imidazole rings is 1. The highest BCUT2D eigenvalue weighted by atomic mass is 19.1. The lowest BCUT2D eigenvalue weighted by Gasteiger charge is -2.28. The monoisotopic (exact) mass is 409 g/mol. The summed E-state index contributed by atoms with van der Waals surface area (Å²) < 4.78 is 20.9. The normalized spacial score (nSPS) is 20.2. The number of likely N-dealkylation sites (tertiary alicyclic amines) is 1. The van der Waals surface area contributed by atoms with Crippen molar-refractivity contribution in [3.05, 3.63) is 48.4 Å². The number of nitrogens with zero attached hydrogens (tertiary/aromatic N) is 5. The molecule has 3 aromatic rings. The lowest BCUT2D eigenvalue weighted by molar-refractivity contribution is -0.132. The summed E-state index contributed by atoms with van der Waals surface area (Å²) in [6.45, 7) is 4.74. The minimum Gasteiger partial charge on any atom is -0.379 e. The molecule has 4 heterocycles. The summed E-state index contributed by atoms with van der Waals surface area (Å²) in [6.07, 6.45) is 2.59. The molecule has 2 aromatic heterocycles. The highest BCUT2D eigenvalue weighted by molar-refractivity contribution is 5.79. The molecule has 1 unspecified atom stereocenters. The van der Waals surface area contributed by atoms with Crippen LogP contribution >= 0.6 is 0 Å². The minimum atomic E-state index is -0.278. The quantitative estimate of drug-likeness (QED) is 0.662. The highest BCUT2D eigenvalue weighted by Crippen LogP contribution is 2.32. The molecule has 0 bridgehead atoms. The summed E-state index contributed by atoms with van der Waals surface area (Å²) >= 11 is 0. The molecule has 0 aliphatic carbocycles. The molecule has 1 atom stereocenters. The molecule has 1 aromatic carbocycles. The second kappa shape index (κ2) is 8.12. The molecule has 2 fully saturated rings. The van der Waals surface area contributed by atoms with E-state index >= 15 is 0 Å². The van der Waals surface area contributed by atoms with E-state index in [9.17, 15) is 9.18 Å². The summed E-state index contributed by atoms with van der Waals surface area (Å²) in [5.74, 6) is 0.636. The predicted octanol–water partition coefficient (Wildman–Crippen LogP) is 2.34. The largest absolute Gasteiger partial charge is 0.379 e. The van der Waals surface area contributed by atoms with Crippen molar-refractivity contribution in [1.82, 2.24) is 24.3 Å². The number of halogens is 1. The van der Waals surface area contributed by atoms with Crippen LogP contribution in [0.2, 0.25) is 0 Å². The van der Waals surface area contributed by atoms with Crippen molar-refractivity contribution < 1.29 is 13.9 Å². The molecule has 2 aliphatic rings. The number of aromatic nitrogens is 3. The van der Waals surface area contributed by atoms with Crippen LogP contribution in [0.3, 0.4) is 0 Å². The molecule has 1 amide bonds. The molecule has 0 radical (unpaired) electrons. The Balaban J connectivity index is 1.41. The number of rotatable bonds is 4. The number of hydrogen-bond donors (Lipinski definition) is 0. The Morgan fingerprint density at radius 2 is 1.93 bits per heavy atom. The SMILES string of the molecule is O=C(CN1CCOCC1)N1CCC(n2c(-c3ccc(F)cc3)nc3cccnc32)C1. The number of pyridine rings is 1. The molecule has 7 nitrogen and oxygen atoms in total. The van der Waals surface area contributed by atoms with Gasteiger partial charge in [0.15, 0.2) is 5.65 Å². The number of fused-ring (bicyclic) bond motifs is 1. The van der Waals surface area contributed by atoms with Gasteiger partial charge in [-0.3, -0.25) is 9.69 Å². The summed E-state index contributed by atoms with van der Waals surface area (Å²) in [5, 5.41) is 0. The minimum absolute atomic E-state index is 0.0820. The Morgan fingerprint density at radius 1 is 1.13 bits per heavy atom. The van der Waals surface area contributed by atoms with Gasteiger partial charge in [-0.25, -0.2) is 14.4 Å². The van der Waals surface area contributed by atoms with Crippen LogP contribution in [-0.4, -0.2) is 76.2 Å². The Hall–Kier alpha value is -2.84. The number of carbonyl (C=O) groups is 1. The average Bonchev–Trinajstić information content (AvgIpc) is 3.40. The highest BCUT2D eigenvalue weighted by Gasteiger charge is 2.31. The molecule has 156 valence electrons. The number of benzene rings is 1. The van der Waals surface area contributed by atoms with Crippen LogP contribution in [0.25, 0.3) is 22.6 Å². The van der Waals surface area contributed by atoms with Gasteiger partial charge in [-0.1, -0.05) is 0 Å². The molecule has 0 saturated carbocycles. The molecular formula is C22H24FN5O2. The fraction of sp³-hybridized carbons (Fsp3) is 0.409. The predicted molar refractivity (Wildman–Crippen MR) is 110 cm³/mol. The van der Waals surface area contributed by atoms with Gasteiger partial charge in [-0.05, 0) is 42.8 Å². The average molecular weight is 409 g/mol.